The van der Waals surface area contributed by atoms with Crippen molar-refractivity contribution in [3.8, 4) is 0 Å². The molecule has 0 aliphatic heterocycles. The lowest BCUT2D eigenvalue weighted by molar-refractivity contribution is 0.155. The van der Waals surface area contributed by atoms with Gasteiger partial charge in [-0.2, -0.15) is 0 Å². The summed E-state index contributed by atoms with van der Waals surface area (Å²) in [4.78, 5) is 0. The molecule has 8 aliphatic rings. The van der Waals surface area contributed by atoms with Crippen molar-refractivity contribution in [2.24, 2.45) is 69.5 Å². The molecule has 0 bridgehead atoms. The lowest BCUT2D eigenvalue weighted by Gasteiger charge is -2.37. The molecule has 3 atom stereocenters. The molecule has 0 aromatic rings. The summed E-state index contributed by atoms with van der Waals surface area (Å²) >= 11 is 0. The van der Waals surface area contributed by atoms with Gasteiger partial charge in [0.05, 0.1) is 0 Å². The first-order valence-corrected chi connectivity index (χ1v) is 26.9. The lowest BCUT2D eigenvalue weighted by atomic mass is 9.69. The van der Waals surface area contributed by atoms with Crippen LogP contribution in [0.1, 0.15) is 296 Å². The molecule has 0 aromatic heterocycles. The average Bonchev–Trinajstić information content (AvgIpc) is 3.84. The van der Waals surface area contributed by atoms with Crippen molar-refractivity contribution in [3.63, 3.8) is 0 Å². The van der Waals surface area contributed by atoms with Gasteiger partial charge in [-0.15, -0.1) is 0 Å². The van der Waals surface area contributed by atoms with Gasteiger partial charge in [0.1, 0.15) is 0 Å². The van der Waals surface area contributed by atoms with Crippen LogP contribution in [0.15, 0.2) is 0 Å². The standard InChI is InChI=1S/C8H16.7C7H14/c1-7-4-5-8(2,3)6-7;1-6-3-4-7(2)5-6;1-6(2)7-4-3-5-7;1-3-7-4-6(2)5-7;2*1-3-7(2)5-4-6-7;1-2-7-5-3-4-6-7;1-2-4-7-5-3-6-7/h7H,4-6H2,1-3H3;3*6-7H,3-5H2,1-2H3;2*3-6H2,1-2H3;2*7H,2-6H2,1H3/t7-;6-,7?;;;;;;/m11....../s1. The maximum atomic E-state index is 2.39. The van der Waals surface area contributed by atoms with Gasteiger partial charge in [-0.05, 0) is 127 Å². The zero-order valence-corrected chi connectivity index (χ0v) is 42.9. The largest absolute Gasteiger partial charge is 0.0654 e. The van der Waals surface area contributed by atoms with Gasteiger partial charge in [0.15, 0.2) is 0 Å². The number of hydrogen-bond acceptors (Lipinski definition) is 0. The van der Waals surface area contributed by atoms with Gasteiger partial charge in [-0.3, -0.25) is 0 Å². The van der Waals surface area contributed by atoms with Crippen LogP contribution in [0, 0.1) is 69.5 Å². The zero-order chi connectivity index (χ0) is 42.9. The monoisotopic (exact) mass is 799 g/mol. The van der Waals surface area contributed by atoms with Crippen LogP contribution < -0.4 is 0 Å². The molecule has 0 amide bonds. The molecule has 0 spiro atoms. The Morgan fingerprint density at radius 3 is 1.00 bits per heavy atom. The fourth-order valence-electron chi connectivity index (χ4n) is 10.7. The van der Waals surface area contributed by atoms with Crippen LogP contribution in [-0.4, -0.2) is 0 Å². The van der Waals surface area contributed by atoms with Gasteiger partial charge in [0.25, 0.3) is 0 Å². The number of hydrogen-bond donors (Lipinski definition) is 0. The van der Waals surface area contributed by atoms with E-state index in [0.29, 0.717) is 5.41 Å². The Morgan fingerprint density at radius 2 is 0.895 bits per heavy atom. The van der Waals surface area contributed by atoms with E-state index in [1.54, 1.807) is 0 Å². The third-order valence-corrected chi connectivity index (χ3v) is 17.1. The van der Waals surface area contributed by atoms with E-state index in [1.165, 1.54) is 193 Å². The second kappa shape index (κ2) is 30.1. The molecule has 8 aliphatic carbocycles. The van der Waals surface area contributed by atoms with Gasteiger partial charge in [0, 0.05) is 0 Å². The zero-order valence-electron chi connectivity index (χ0n) is 42.9. The highest BCUT2D eigenvalue weighted by Gasteiger charge is 2.30. The molecular weight excluding hydrogens is 685 g/mol. The van der Waals surface area contributed by atoms with Crippen LogP contribution in [0.5, 0.6) is 0 Å². The SMILES string of the molecule is CC(C)C1CCC1.CC1CC[C@@H](C)C1.CCC1(C)CCC1.CCC1(C)CCC1.CCC1CC(C)C1.CCC1CCCC1.CCCC1CCC1.C[C@@H]1CCC(C)(C)C1. The molecule has 8 saturated carbocycles. The molecule has 0 heterocycles. The second-order valence-corrected chi connectivity index (χ2v) is 24.0. The predicted octanol–water partition coefficient (Wildman–Crippen LogP) is 20.5. The maximum Gasteiger partial charge on any atom is -0.0328 e. The van der Waals surface area contributed by atoms with E-state index in [4.69, 9.17) is 0 Å². The molecule has 0 radical (unpaired) electrons. The molecule has 1 unspecified atom stereocenters. The van der Waals surface area contributed by atoms with Crippen molar-refractivity contribution in [2.45, 2.75) is 296 Å². The van der Waals surface area contributed by atoms with Crippen molar-refractivity contribution in [1.82, 2.24) is 0 Å². The van der Waals surface area contributed by atoms with Gasteiger partial charge in [0.2, 0.25) is 0 Å². The second-order valence-electron chi connectivity index (χ2n) is 24.0. The van der Waals surface area contributed by atoms with Crippen molar-refractivity contribution in [1.29, 1.82) is 0 Å². The van der Waals surface area contributed by atoms with Crippen molar-refractivity contribution in [3.05, 3.63) is 0 Å². The highest BCUT2D eigenvalue weighted by molar-refractivity contribution is 4.82. The van der Waals surface area contributed by atoms with E-state index < -0.39 is 0 Å². The molecule has 0 aromatic carbocycles. The molecule has 0 nitrogen and oxygen atoms in total. The lowest BCUT2D eigenvalue weighted by Crippen LogP contribution is -2.23. The smallest absolute Gasteiger partial charge is 0.0328 e. The molecule has 8 fully saturated rings. The summed E-state index contributed by atoms with van der Waals surface area (Å²) in [5.74, 6) is 9.44. The third-order valence-electron chi connectivity index (χ3n) is 17.1. The summed E-state index contributed by atoms with van der Waals surface area (Å²) in [5.41, 5.74) is 2.19. The summed E-state index contributed by atoms with van der Waals surface area (Å²) in [6.07, 6.45) is 44.1. The minimum Gasteiger partial charge on any atom is -0.0654 e. The van der Waals surface area contributed by atoms with E-state index in [0.717, 1.165) is 64.1 Å². The Bertz CT molecular complexity index is 853. The number of rotatable bonds is 7. The van der Waals surface area contributed by atoms with E-state index in [2.05, 4.69) is 104 Å². The van der Waals surface area contributed by atoms with Crippen LogP contribution in [0.3, 0.4) is 0 Å². The van der Waals surface area contributed by atoms with Crippen molar-refractivity contribution < 1.29 is 0 Å². The quantitative estimate of drug-likeness (QED) is 0.241. The topological polar surface area (TPSA) is 0 Å². The van der Waals surface area contributed by atoms with E-state index in [1.807, 2.05) is 0 Å². The maximum absolute atomic E-state index is 2.39. The highest BCUT2D eigenvalue weighted by Crippen LogP contribution is 2.44. The molecule has 0 heteroatoms. The summed E-state index contributed by atoms with van der Waals surface area (Å²) in [6.45, 7) is 35.0. The van der Waals surface area contributed by atoms with Crippen LogP contribution >= 0.6 is 0 Å². The minimum atomic E-state index is 0.666. The van der Waals surface area contributed by atoms with Crippen molar-refractivity contribution >= 4 is 0 Å². The first-order valence-electron chi connectivity index (χ1n) is 26.9. The Hall–Kier alpha value is 0. The molecule has 342 valence electrons. The van der Waals surface area contributed by atoms with Crippen LogP contribution in [0.4, 0.5) is 0 Å². The molecule has 8 rings (SSSR count). The fraction of sp³-hybridized carbons (Fsp3) is 1.00. The normalized spacial score (nSPS) is 30.0. The van der Waals surface area contributed by atoms with Gasteiger partial charge in [-0.25, -0.2) is 0 Å². The first kappa shape index (κ1) is 55.0. The predicted molar refractivity (Wildman–Crippen MR) is 262 cm³/mol. The van der Waals surface area contributed by atoms with Gasteiger partial charge in [-0.1, -0.05) is 239 Å². The van der Waals surface area contributed by atoms with Crippen LogP contribution in [0.2, 0.25) is 0 Å². The summed E-state index contributed by atoms with van der Waals surface area (Å²) in [5, 5.41) is 0. The van der Waals surface area contributed by atoms with E-state index in [-0.39, 0.29) is 0 Å². The average molecular weight is 800 g/mol. The van der Waals surface area contributed by atoms with E-state index in [9.17, 15) is 0 Å². The summed E-state index contributed by atoms with van der Waals surface area (Å²) in [7, 11) is 0. The summed E-state index contributed by atoms with van der Waals surface area (Å²) < 4.78 is 0. The molecule has 0 saturated heterocycles. The molecular formula is C57H114. The first-order chi connectivity index (χ1) is 26.9. The third kappa shape index (κ3) is 25.5. The van der Waals surface area contributed by atoms with Crippen LogP contribution in [0.25, 0.3) is 0 Å². The Morgan fingerprint density at radius 1 is 0.439 bits per heavy atom. The molecule has 0 N–H and O–H groups in total. The van der Waals surface area contributed by atoms with E-state index >= 15 is 0 Å². The summed E-state index contributed by atoms with van der Waals surface area (Å²) in [6, 6.07) is 0. The highest BCUT2D eigenvalue weighted by atomic mass is 14.4. The Balaban J connectivity index is 0.000000326. The molecule has 57 heavy (non-hydrogen) atoms. The van der Waals surface area contributed by atoms with Gasteiger partial charge >= 0.3 is 0 Å². The fourth-order valence-corrected chi connectivity index (χ4v) is 10.7. The minimum absolute atomic E-state index is 0.666. The van der Waals surface area contributed by atoms with Gasteiger partial charge < -0.3 is 0 Å². The van der Waals surface area contributed by atoms with Crippen molar-refractivity contribution in [2.75, 3.05) is 0 Å². The van der Waals surface area contributed by atoms with Crippen LogP contribution in [-0.2, 0) is 0 Å². The Kier molecular flexibility index (Phi) is 29.1. The Labute approximate surface area is 364 Å².